The summed E-state index contributed by atoms with van der Waals surface area (Å²) in [7, 11) is 0. The lowest BCUT2D eigenvalue weighted by Gasteiger charge is -2.17. The van der Waals surface area contributed by atoms with Crippen LogP contribution in [0.2, 0.25) is 0 Å². The Balaban J connectivity index is 1.89. The van der Waals surface area contributed by atoms with E-state index in [-0.39, 0.29) is 11.8 Å². The lowest BCUT2D eigenvalue weighted by molar-refractivity contribution is -0.903. The summed E-state index contributed by atoms with van der Waals surface area (Å²) in [5, 5.41) is 14.4. The van der Waals surface area contributed by atoms with E-state index in [9.17, 15) is 9.59 Å². The molecule has 1 atom stereocenters. The fourth-order valence-corrected chi connectivity index (χ4v) is 2.57. The summed E-state index contributed by atoms with van der Waals surface area (Å²) in [6, 6.07) is 16.5. The van der Waals surface area contributed by atoms with Crippen LogP contribution < -0.4 is 15.5 Å². The van der Waals surface area contributed by atoms with Gasteiger partial charge in [-0.3, -0.25) is 9.59 Å². The maximum absolute atomic E-state index is 12.3. The SMILES string of the molecule is CC[NH+](CC(=O)Nc1ccc(NC(C)=O)cc1)Cc1ccc(C#N)cc1. The summed E-state index contributed by atoms with van der Waals surface area (Å²) in [5.41, 5.74) is 3.11. The van der Waals surface area contributed by atoms with Gasteiger partial charge in [-0.15, -0.1) is 0 Å². The van der Waals surface area contributed by atoms with Crippen LogP contribution in [0.3, 0.4) is 0 Å². The molecule has 6 heteroatoms. The van der Waals surface area contributed by atoms with Crippen LogP contribution in [0.25, 0.3) is 0 Å². The van der Waals surface area contributed by atoms with E-state index in [0.717, 1.165) is 23.6 Å². The number of rotatable bonds is 7. The molecule has 6 nitrogen and oxygen atoms in total. The number of likely N-dealkylation sites (N-methyl/N-ethyl adjacent to an activating group) is 1. The Morgan fingerprint density at radius 1 is 1.00 bits per heavy atom. The summed E-state index contributed by atoms with van der Waals surface area (Å²) < 4.78 is 0. The van der Waals surface area contributed by atoms with Gasteiger partial charge in [0.15, 0.2) is 6.54 Å². The second-order valence-corrected chi connectivity index (χ2v) is 6.07. The fourth-order valence-electron chi connectivity index (χ4n) is 2.57. The molecule has 0 aliphatic carbocycles. The number of nitrogens with one attached hydrogen (secondary N) is 3. The highest BCUT2D eigenvalue weighted by molar-refractivity contribution is 5.92. The molecule has 0 aromatic heterocycles. The van der Waals surface area contributed by atoms with Crippen LogP contribution in [-0.2, 0) is 16.1 Å². The summed E-state index contributed by atoms with van der Waals surface area (Å²) in [6.07, 6.45) is 0. The molecule has 2 aromatic rings. The Labute approximate surface area is 153 Å². The number of anilines is 2. The van der Waals surface area contributed by atoms with Gasteiger partial charge in [-0.2, -0.15) is 5.26 Å². The molecule has 0 heterocycles. The van der Waals surface area contributed by atoms with Gasteiger partial charge in [0.25, 0.3) is 5.91 Å². The van der Waals surface area contributed by atoms with Gasteiger partial charge in [-0.25, -0.2) is 0 Å². The van der Waals surface area contributed by atoms with Crippen LogP contribution in [0.15, 0.2) is 48.5 Å². The third-order valence-electron chi connectivity index (χ3n) is 3.94. The summed E-state index contributed by atoms with van der Waals surface area (Å²) in [5.74, 6) is -0.199. The van der Waals surface area contributed by atoms with Crippen LogP contribution in [0.4, 0.5) is 11.4 Å². The molecule has 0 spiro atoms. The first-order chi connectivity index (χ1) is 12.5. The van der Waals surface area contributed by atoms with E-state index in [1.165, 1.54) is 6.92 Å². The molecule has 0 saturated heterocycles. The monoisotopic (exact) mass is 351 g/mol. The third-order valence-corrected chi connectivity index (χ3v) is 3.94. The van der Waals surface area contributed by atoms with Crippen LogP contribution in [0, 0.1) is 11.3 Å². The van der Waals surface area contributed by atoms with E-state index in [1.54, 1.807) is 36.4 Å². The summed E-state index contributed by atoms with van der Waals surface area (Å²) in [6.45, 7) is 5.37. The number of amides is 2. The molecule has 134 valence electrons. The third kappa shape index (κ3) is 6.04. The lowest BCUT2D eigenvalue weighted by atomic mass is 10.1. The molecule has 26 heavy (non-hydrogen) atoms. The standard InChI is InChI=1S/C20H22N4O2/c1-3-24(13-17-6-4-16(12-21)5-7-17)14-20(26)23-19-10-8-18(9-11-19)22-15(2)25/h4-11H,3,13-14H2,1-2H3,(H,22,25)(H,23,26)/p+1. The van der Waals surface area contributed by atoms with Gasteiger partial charge in [-0.05, 0) is 43.3 Å². The molecule has 0 bridgehead atoms. The van der Waals surface area contributed by atoms with Crippen molar-refractivity contribution < 1.29 is 14.5 Å². The molecular formula is C20H23N4O2+. The number of nitriles is 1. The molecule has 2 aromatic carbocycles. The minimum Gasteiger partial charge on any atom is -0.326 e. The molecule has 1 unspecified atom stereocenters. The quantitative estimate of drug-likeness (QED) is 0.707. The van der Waals surface area contributed by atoms with Gasteiger partial charge in [-0.1, -0.05) is 12.1 Å². The van der Waals surface area contributed by atoms with E-state index >= 15 is 0 Å². The highest BCUT2D eigenvalue weighted by atomic mass is 16.2. The first kappa shape index (κ1) is 19.2. The summed E-state index contributed by atoms with van der Waals surface area (Å²) in [4.78, 5) is 24.4. The zero-order chi connectivity index (χ0) is 18.9. The van der Waals surface area contributed by atoms with Crippen LogP contribution in [-0.4, -0.2) is 24.9 Å². The van der Waals surface area contributed by atoms with Gasteiger partial charge in [0.05, 0.1) is 18.2 Å². The summed E-state index contributed by atoms with van der Waals surface area (Å²) >= 11 is 0. The Kier molecular flexibility index (Phi) is 6.89. The maximum atomic E-state index is 12.3. The first-order valence-corrected chi connectivity index (χ1v) is 8.50. The predicted octanol–water partition coefficient (Wildman–Crippen LogP) is 1.56. The normalized spacial score (nSPS) is 11.3. The topological polar surface area (TPSA) is 86.4 Å². The van der Waals surface area contributed by atoms with Gasteiger partial charge in [0.1, 0.15) is 6.54 Å². The molecule has 0 fully saturated rings. The lowest BCUT2D eigenvalue weighted by Crippen LogP contribution is -3.11. The number of carbonyl (C=O) groups excluding carboxylic acids is 2. The van der Waals surface area contributed by atoms with Crippen molar-refractivity contribution in [3.63, 3.8) is 0 Å². The number of quaternary nitrogens is 1. The fraction of sp³-hybridized carbons (Fsp3) is 0.250. The molecule has 0 aliphatic rings. The van der Waals surface area contributed by atoms with Crippen molar-refractivity contribution in [2.75, 3.05) is 23.7 Å². The van der Waals surface area contributed by atoms with Crippen LogP contribution >= 0.6 is 0 Å². The van der Waals surface area contributed by atoms with Crippen molar-refractivity contribution in [2.24, 2.45) is 0 Å². The zero-order valence-corrected chi connectivity index (χ0v) is 15.0. The second kappa shape index (κ2) is 9.35. The Hall–Kier alpha value is -3.17. The van der Waals surface area contributed by atoms with E-state index in [2.05, 4.69) is 16.7 Å². The minimum absolute atomic E-state index is 0.0669. The van der Waals surface area contributed by atoms with Gasteiger partial charge in [0.2, 0.25) is 5.91 Å². The van der Waals surface area contributed by atoms with E-state index in [1.807, 2.05) is 19.1 Å². The number of benzene rings is 2. The van der Waals surface area contributed by atoms with Crippen molar-refractivity contribution in [3.05, 3.63) is 59.7 Å². The number of hydrogen-bond donors (Lipinski definition) is 3. The average molecular weight is 351 g/mol. The van der Waals surface area contributed by atoms with Crippen molar-refractivity contribution in [3.8, 4) is 6.07 Å². The maximum Gasteiger partial charge on any atom is 0.279 e. The highest BCUT2D eigenvalue weighted by Gasteiger charge is 2.13. The Morgan fingerprint density at radius 2 is 1.58 bits per heavy atom. The van der Waals surface area contributed by atoms with Crippen molar-refractivity contribution in [1.82, 2.24) is 0 Å². The second-order valence-electron chi connectivity index (χ2n) is 6.07. The molecule has 3 N–H and O–H groups in total. The van der Waals surface area contributed by atoms with Crippen molar-refractivity contribution in [2.45, 2.75) is 20.4 Å². The highest BCUT2D eigenvalue weighted by Crippen LogP contribution is 2.13. The van der Waals surface area contributed by atoms with E-state index < -0.39 is 0 Å². The van der Waals surface area contributed by atoms with E-state index in [4.69, 9.17) is 5.26 Å². The van der Waals surface area contributed by atoms with Gasteiger partial charge in [0, 0.05) is 23.9 Å². The zero-order valence-electron chi connectivity index (χ0n) is 15.0. The molecule has 2 amide bonds. The minimum atomic E-state index is -0.133. The number of carbonyl (C=O) groups is 2. The first-order valence-electron chi connectivity index (χ1n) is 8.50. The molecule has 0 aliphatic heterocycles. The molecule has 0 saturated carbocycles. The predicted molar refractivity (Wildman–Crippen MR) is 101 cm³/mol. The van der Waals surface area contributed by atoms with Gasteiger partial charge < -0.3 is 15.5 Å². The van der Waals surface area contributed by atoms with Crippen LogP contribution in [0.1, 0.15) is 25.0 Å². The van der Waals surface area contributed by atoms with E-state index in [0.29, 0.717) is 23.5 Å². The Bertz CT molecular complexity index is 792. The number of hydrogen-bond acceptors (Lipinski definition) is 3. The molecule has 0 radical (unpaired) electrons. The average Bonchev–Trinajstić information content (AvgIpc) is 2.63. The van der Waals surface area contributed by atoms with Gasteiger partial charge >= 0.3 is 0 Å². The Morgan fingerprint density at radius 3 is 2.08 bits per heavy atom. The largest absolute Gasteiger partial charge is 0.326 e. The molecule has 2 rings (SSSR count). The smallest absolute Gasteiger partial charge is 0.279 e. The van der Waals surface area contributed by atoms with Crippen molar-refractivity contribution >= 4 is 23.2 Å². The van der Waals surface area contributed by atoms with Crippen LogP contribution in [0.5, 0.6) is 0 Å². The number of nitrogens with zero attached hydrogens (tertiary/aromatic N) is 1. The van der Waals surface area contributed by atoms with Crippen molar-refractivity contribution in [1.29, 1.82) is 5.26 Å². The molecular weight excluding hydrogens is 328 g/mol.